The van der Waals surface area contributed by atoms with Gasteiger partial charge in [-0.1, -0.05) is 76.8 Å². The third kappa shape index (κ3) is 5.98. The van der Waals surface area contributed by atoms with Crippen molar-refractivity contribution in [3.8, 4) is 0 Å². The van der Waals surface area contributed by atoms with Crippen molar-refractivity contribution in [1.29, 1.82) is 0 Å². The summed E-state index contributed by atoms with van der Waals surface area (Å²) in [5, 5.41) is 15.5. The second-order valence-electron chi connectivity index (χ2n) is 14.0. The van der Waals surface area contributed by atoms with Crippen molar-refractivity contribution in [1.82, 2.24) is 9.13 Å². The van der Waals surface area contributed by atoms with Crippen LogP contribution in [0.5, 0.6) is 0 Å². The van der Waals surface area contributed by atoms with Crippen LogP contribution in [0.3, 0.4) is 0 Å². The fraction of sp³-hybridized carbons (Fsp3) is 0.0455. The van der Waals surface area contributed by atoms with Crippen molar-refractivity contribution in [2.24, 2.45) is 0 Å². The molecule has 0 unspecified atom stereocenters. The largest absolute Gasteiger partial charge is 0.295 e. The highest BCUT2D eigenvalue weighted by Crippen LogP contribution is 2.34. The minimum absolute atomic E-state index is 0.0233. The van der Waals surface area contributed by atoms with E-state index >= 15 is 4.79 Å². The highest BCUT2D eigenvalue weighted by Gasteiger charge is 2.28. The minimum Gasteiger partial charge on any atom is -0.288 e. The number of carbonyl (C=O) groups is 2. The molecule has 14 heteroatoms. The third-order valence-corrected chi connectivity index (χ3v) is 11.9. The molecule has 0 atom stereocenters. The third-order valence-electron chi connectivity index (χ3n) is 10.4. The van der Waals surface area contributed by atoms with E-state index in [-0.39, 0.29) is 59.6 Å². The monoisotopic (exact) mass is 808 g/mol. The Morgan fingerprint density at radius 1 is 0.569 bits per heavy atom. The molecule has 2 heterocycles. The van der Waals surface area contributed by atoms with Crippen LogP contribution in [0.1, 0.15) is 31.8 Å². The van der Waals surface area contributed by atoms with Gasteiger partial charge in [-0.15, -0.1) is 4.33 Å². The molecular formula is C44H28N2O10S2. The molecule has 0 saturated heterocycles. The van der Waals surface area contributed by atoms with Crippen LogP contribution in [-0.4, -0.2) is 39.2 Å². The zero-order valence-electron chi connectivity index (χ0n) is 30.4. The topological polar surface area (TPSA) is 171 Å². The standard InChI is InChI=1S/C44H28N2O10S2/c1-23-11-13-35-29(15-23)41(47)31-22-38-32(21-37(31)45(35)43(49)33-17-25-7-3-5-9-27(25)19-39(33)57-56-55-51)42(48)30-16-24(2)12-14-36(30)46(38)44(50)34-18-26-8-4-6-10-28(26)20-40(34)58(52,53)54/h3-22,51H,1-2H3,(H,52,53,54). The maximum atomic E-state index is 15.0. The smallest absolute Gasteiger partial charge is 0.288 e. The van der Waals surface area contributed by atoms with E-state index in [1.165, 1.54) is 33.4 Å². The summed E-state index contributed by atoms with van der Waals surface area (Å²) in [4.78, 5) is 58.8. The van der Waals surface area contributed by atoms with E-state index in [0.29, 0.717) is 33.8 Å². The minimum atomic E-state index is -4.95. The highest BCUT2D eigenvalue weighted by atomic mass is 32.2. The van der Waals surface area contributed by atoms with E-state index in [4.69, 9.17) is 9.59 Å². The van der Waals surface area contributed by atoms with Crippen LogP contribution in [0.25, 0.3) is 65.2 Å². The van der Waals surface area contributed by atoms with Gasteiger partial charge in [-0.05, 0) is 96.1 Å². The summed E-state index contributed by atoms with van der Waals surface area (Å²) < 4.78 is 43.4. The van der Waals surface area contributed by atoms with E-state index in [2.05, 4.69) is 5.04 Å². The van der Waals surface area contributed by atoms with Gasteiger partial charge in [-0.3, -0.25) is 32.9 Å². The molecule has 0 fully saturated rings. The summed E-state index contributed by atoms with van der Waals surface area (Å²) in [7, 11) is -4.95. The Labute approximate surface area is 331 Å². The number of rotatable bonds is 6. The maximum Gasteiger partial charge on any atom is 0.295 e. The number of aryl methyl sites for hydroxylation is 2. The van der Waals surface area contributed by atoms with Gasteiger partial charge in [-0.2, -0.15) is 8.42 Å². The maximum absolute atomic E-state index is 15.0. The average molecular weight is 809 g/mol. The number of aromatic nitrogens is 2. The molecule has 9 aromatic rings. The lowest BCUT2D eigenvalue weighted by Gasteiger charge is -2.19. The Morgan fingerprint density at radius 2 is 1.00 bits per heavy atom. The quantitative estimate of drug-likeness (QED) is 0.0542. The summed E-state index contributed by atoms with van der Waals surface area (Å²) >= 11 is 0.596. The molecule has 0 bridgehead atoms. The van der Waals surface area contributed by atoms with Crippen LogP contribution in [0.2, 0.25) is 0 Å². The SMILES string of the molecule is Cc1ccc2c(c1)c(=O)c1cc3c(cc1n2C(=O)c1cc2ccccc2cc1SOOO)c(=O)c1cc(C)ccc1n3C(=O)c1cc2ccccc2cc1S(=O)(=O)O. The summed E-state index contributed by atoms with van der Waals surface area (Å²) in [5.41, 5.74) is 0.522. The van der Waals surface area contributed by atoms with E-state index in [1.54, 1.807) is 86.6 Å². The molecule has 12 nitrogen and oxygen atoms in total. The van der Waals surface area contributed by atoms with E-state index < -0.39 is 37.7 Å². The van der Waals surface area contributed by atoms with Crippen molar-refractivity contribution in [2.45, 2.75) is 23.6 Å². The first kappa shape index (κ1) is 37.1. The first-order valence-corrected chi connectivity index (χ1v) is 19.9. The lowest BCUT2D eigenvalue weighted by molar-refractivity contribution is -0.432. The van der Waals surface area contributed by atoms with Gasteiger partial charge in [0, 0.05) is 21.5 Å². The van der Waals surface area contributed by atoms with Crippen LogP contribution >= 0.6 is 12.0 Å². The Bertz CT molecular complexity index is 3540. The lowest BCUT2D eigenvalue weighted by Crippen LogP contribution is -2.23. The Morgan fingerprint density at radius 3 is 1.48 bits per heavy atom. The van der Waals surface area contributed by atoms with E-state index in [0.717, 1.165) is 10.9 Å². The van der Waals surface area contributed by atoms with Gasteiger partial charge in [0.25, 0.3) is 21.9 Å². The van der Waals surface area contributed by atoms with E-state index in [1.807, 2.05) is 24.3 Å². The van der Waals surface area contributed by atoms with Crippen molar-refractivity contribution < 1.29 is 37.2 Å². The predicted molar refractivity (Wildman–Crippen MR) is 222 cm³/mol. The van der Waals surface area contributed by atoms with Crippen molar-refractivity contribution in [2.75, 3.05) is 0 Å². The normalized spacial score (nSPS) is 12.1. The number of fused-ring (bicyclic) bond motifs is 6. The van der Waals surface area contributed by atoms with Gasteiger partial charge in [0.2, 0.25) is 0 Å². The van der Waals surface area contributed by atoms with Gasteiger partial charge in [-0.25, -0.2) is 5.26 Å². The Balaban J connectivity index is 1.42. The molecule has 9 rings (SSSR count). The number of nitrogens with zero attached hydrogens (tertiary/aromatic N) is 2. The molecule has 0 spiro atoms. The van der Waals surface area contributed by atoms with Crippen molar-refractivity contribution in [3.63, 3.8) is 0 Å². The van der Waals surface area contributed by atoms with Crippen LogP contribution in [0.4, 0.5) is 0 Å². The first-order valence-electron chi connectivity index (χ1n) is 17.7. The fourth-order valence-corrected chi connectivity index (χ4v) is 8.91. The zero-order valence-corrected chi connectivity index (χ0v) is 32.1. The lowest BCUT2D eigenvalue weighted by atomic mass is 10.0. The van der Waals surface area contributed by atoms with Gasteiger partial charge in [0.1, 0.15) is 4.90 Å². The number of hydrogen-bond acceptors (Lipinski definition) is 10. The fourth-order valence-electron chi connectivity index (χ4n) is 7.70. The van der Waals surface area contributed by atoms with Gasteiger partial charge in [0.05, 0.1) is 50.1 Å². The van der Waals surface area contributed by atoms with Gasteiger partial charge >= 0.3 is 0 Å². The number of benzene rings is 7. The molecule has 7 aromatic carbocycles. The molecule has 286 valence electrons. The van der Waals surface area contributed by atoms with Crippen LogP contribution in [0, 0.1) is 13.8 Å². The summed E-state index contributed by atoms with van der Waals surface area (Å²) in [6, 6.07) is 32.5. The molecule has 0 radical (unpaired) electrons. The van der Waals surface area contributed by atoms with E-state index in [9.17, 15) is 27.4 Å². The number of pyridine rings is 2. The van der Waals surface area contributed by atoms with Crippen LogP contribution in [-0.2, 0) is 19.5 Å². The van der Waals surface area contributed by atoms with Crippen molar-refractivity contribution in [3.05, 3.63) is 164 Å². The van der Waals surface area contributed by atoms with Crippen LogP contribution < -0.4 is 10.9 Å². The summed E-state index contributed by atoms with van der Waals surface area (Å²) in [6.07, 6.45) is 0. The molecule has 58 heavy (non-hydrogen) atoms. The zero-order chi connectivity index (χ0) is 40.6. The second kappa shape index (κ2) is 13.8. The molecule has 0 aliphatic heterocycles. The predicted octanol–water partition coefficient (Wildman–Crippen LogP) is 8.60. The number of hydrogen-bond donors (Lipinski definition) is 2. The van der Waals surface area contributed by atoms with Crippen LogP contribution in [0.15, 0.2) is 141 Å². The molecule has 0 saturated carbocycles. The Kier molecular flexibility index (Phi) is 8.85. The first-order chi connectivity index (χ1) is 27.8. The molecule has 0 aliphatic carbocycles. The Hall–Kier alpha value is -6.52. The average Bonchev–Trinajstić information content (AvgIpc) is 3.21. The van der Waals surface area contributed by atoms with Gasteiger partial charge in [0.15, 0.2) is 10.9 Å². The van der Waals surface area contributed by atoms with Gasteiger partial charge < -0.3 is 0 Å². The molecule has 0 aliphatic rings. The molecule has 0 amide bonds. The number of carbonyl (C=O) groups excluding carboxylic acids is 2. The highest BCUT2D eigenvalue weighted by molar-refractivity contribution is 7.94. The second-order valence-corrected chi connectivity index (χ2v) is 16.1. The molecular weight excluding hydrogens is 781 g/mol. The summed E-state index contributed by atoms with van der Waals surface area (Å²) in [5.74, 6) is -1.51. The molecule has 2 aromatic heterocycles. The van der Waals surface area contributed by atoms with Crippen molar-refractivity contribution >= 4 is 99.1 Å². The molecule has 2 N–H and O–H groups in total. The summed E-state index contributed by atoms with van der Waals surface area (Å²) in [6.45, 7) is 3.56.